The molecule has 0 heterocycles. The molecule has 3 N–H and O–H groups in total. The molecule has 0 saturated carbocycles. The van der Waals surface area contributed by atoms with Crippen molar-refractivity contribution in [3.8, 4) is 0 Å². The third kappa shape index (κ3) is 4.91. The van der Waals surface area contributed by atoms with Crippen molar-refractivity contribution >= 4 is 11.7 Å². The number of carboxylic acids is 1. The van der Waals surface area contributed by atoms with Crippen LogP contribution in [-0.2, 0) is 0 Å². The lowest BCUT2D eigenvalue weighted by atomic mass is 9.94. The van der Waals surface area contributed by atoms with Gasteiger partial charge in [0.25, 0.3) is 0 Å². The van der Waals surface area contributed by atoms with E-state index in [1.54, 1.807) is 19.1 Å². The second-order valence-electron chi connectivity index (χ2n) is 5.80. The van der Waals surface area contributed by atoms with Crippen LogP contribution in [-0.4, -0.2) is 28.3 Å². The van der Waals surface area contributed by atoms with Crippen LogP contribution in [0, 0.1) is 12.8 Å². The summed E-state index contributed by atoms with van der Waals surface area (Å²) in [6.07, 6.45) is 0.661. The summed E-state index contributed by atoms with van der Waals surface area (Å²) in [7, 11) is 0. The Morgan fingerprint density at radius 2 is 2.05 bits per heavy atom. The average Bonchev–Trinajstić information content (AvgIpc) is 2.25. The standard InChI is InChI=1S/C15H23NO3/c1-10(2)8-15(4,19)9-16-13-6-5-11(3)7-12(13)14(17)18/h5-7,10,16,19H,8-9H2,1-4H3,(H,17,18). The second-order valence-corrected chi connectivity index (χ2v) is 5.80. The zero-order valence-electron chi connectivity index (χ0n) is 12.0. The van der Waals surface area contributed by atoms with Gasteiger partial charge in [0.05, 0.1) is 11.2 Å². The molecule has 4 heteroatoms. The number of benzene rings is 1. The summed E-state index contributed by atoms with van der Waals surface area (Å²) < 4.78 is 0. The highest BCUT2D eigenvalue weighted by Crippen LogP contribution is 2.21. The van der Waals surface area contributed by atoms with Crippen LogP contribution in [0.5, 0.6) is 0 Å². The lowest BCUT2D eigenvalue weighted by molar-refractivity contribution is 0.0513. The Morgan fingerprint density at radius 3 is 2.58 bits per heavy atom. The molecule has 1 aromatic rings. The average molecular weight is 265 g/mol. The monoisotopic (exact) mass is 265 g/mol. The number of rotatable bonds is 6. The number of hydrogen-bond acceptors (Lipinski definition) is 3. The molecule has 1 aromatic carbocycles. The molecule has 0 bridgehead atoms. The number of anilines is 1. The normalized spacial score (nSPS) is 14.2. The van der Waals surface area contributed by atoms with Gasteiger partial charge in [0.15, 0.2) is 0 Å². The number of nitrogens with one attached hydrogen (secondary N) is 1. The van der Waals surface area contributed by atoms with E-state index in [0.29, 0.717) is 24.6 Å². The van der Waals surface area contributed by atoms with Gasteiger partial charge in [-0.2, -0.15) is 0 Å². The van der Waals surface area contributed by atoms with Gasteiger partial charge < -0.3 is 15.5 Å². The number of aromatic carboxylic acids is 1. The van der Waals surface area contributed by atoms with Crippen LogP contribution in [0.15, 0.2) is 18.2 Å². The van der Waals surface area contributed by atoms with Crippen LogP contribution >= 0.6 is 0 Å². The van der Waals surface area contributed by atoms with Crippen molar-refractivity contribution in [2.45, 2.75) is 39.7 Å². The molecular formula is C15H23NO3. The fourth-order valence-corrected chi connectivity index (χ4v) is 2.23. The summed E-state index contributed by atoms with van der Waals surface area (Å²) in [5.74, 6) is -0.580. The lowest BCUT2D eigenvalue weighted by Gasteiger charge is -2.26. The van der Waals surface area contributed by atoms with Gasteiger partial charge >= 0.3 is 5.97 Å². The first-order valence-electron chi connectivity index (χ1n) is 6.51. The van der Waals surface area contributed by atoms with Crippen LogP contribution in [0.2, 0.25) is 0 Å². The third-order valence-electron chi connectivity index (χ3n) is 2.91. The zero-order valence-corrected chi connectivity index (χ0v) is 12.0. The van der Waals surface area contributed by atoms with Gasteiger partial charge in [0.2, 0.25) is 0 Å². The van der Waals surface area contributed by atoms with Crippen LogP contribution in [0.4, 0.5) is 5.69 Å². The van der Waals surface area contributed by atoms with E-state index in [0.717, 1.165) is 5.56 Å². The van der Waals surface area contributed by atoms with Gasteiger partial charge in [-0.3, -0.25) is 0 Å². The van der Waals surface area contributed by atoms with E-state index in [1.165, 1.54) is 0 Å². The molecule has 0 saturated heterocycles. The first-order chi connectivity index (χ1) is 8.71. The van der Waals surface area contributed by atoms with E-state index >= 15 is 0 Å². The smallest absolute Gasteiger partial charge is 0.337 e. The van der Waals surface area contributed by atoms with Gasteiger partial charge in [-0.15, -0.1) is 0 Å². The third-order valence-corrected chi connectivity index (χ3v) is 2.91. The molecule has 106 valence electrons. The van der Waals surface area contributed by atoms with Crippen LogP contribution in [0.3, 0.4) is 0 Å². The maximum Gasteiger partial charge on any atom is 0.337 e. The molecule has 0 aliphatic heterocycles. The van der Waals surface area contributed by atoms with Gasteiger partial charge in [0, 0.05) is 12.2 Å². The molecule has 1 rings (SSSR count). The lowest BCUT2D eigenvalue weighted by Crippen LogP contribution is -2.35. The number of carbonyl (C=O) groups is 1. The van der Waals surface area contributed by atoms with E-state index in [1.807, 2.05) is 26.8 Å². The Hall–Kier alpha value is -1.55. The zero-order chi connectivity index (χ0) is 14.6. The molecule has 0 spiro atoms. The number of carboxylic acid groups (broad SMARTS) is 1. The molecule has 19 heavy (non-hydrogen) atoms. The van der Waals surface area contributed by atoms with Crippen molar-refractivity contribution in [2.24, 2.45) is 5.92 Å². The summed E-state index contributed by atoms with van der Waals surface area (Å²) >= 11 is 0. The largest absolute Gasteiger partial charge is 0.478 e. The molecular weight excluding hydrogens is 242 g/mol. The highest BCUT2D eigenvalue weighted by Gasteiger charge is 2.22. The fourth-order valence-electron chi connectivity index (χ4n) is 2.23. The molecule has 0 amide bonds. The predicted molar refractivity (Wildman–Crippen MR) is 76.7 cm³/mol. The minimum Gasteiger partial charge on any atom is -0.478 e. The number of aliphatic hydroxyl groups is 1. The summed E-state index contributed by atoms with van der Waals surface area (Å²) in [5.41, 5.74) is 0.828. The molecule has 0 radical (unpaired) electrons. The first-order valence-corrected chi connectivity index (χ1v) is 6.51. The van der Waals surface area contributed by atoms with Crippen LogP contribution in [0.1, 0.15) is 43.1 Å². The number of hydrogen-bond donors (Lipinski definition) is 3. The fraction of sp³-hybridized carbons (Fsp3) is 0.533. The Balaban J connectivity index is 2.80. The molecule has 0 fully saturated rings. The quantitative estimate of drug-likeness (QED) is 0.739. The topological polar surface area (TPSA) is 69.6 Å². The summed E-state index contributed by atoms with van der Waals surface area (Å²) in [4.78, 5) is 11.2. The van der Waals surface area contributed by atoms with Gasteiger partial charge in [-0.25, -0.2) is 4.79 Å². The SMILES string of the molecule is Cc1ccc(NCC(C)(O)CC(C)C)c(C(=O)O)c1. The van der Waals surface area contributed by atoms with Gasteiger partial charge in [-0.1, -0.05) is 25.5 Å². The molecule has 4 nitrogen and oxygen atoms in total. The van der Waals surface area contributed by atoms with E-state index in [2.05, 4.69) is 5.32 Å². The Labute approximate surface area is 114 Å². The van der Waals surface area contributed by atoms with Crippen molar-refractivity contribution in [2.75, 3.05) is 11.9 Å². The van der Waals surface area contributed by atoms with Crippen molar-refractivity contribution in [1.82, 2.24) is 0 Å². The highest BCUT2D eigenvalue weighted by molar-refractivity contribution is 5.94. The van der Waals surface area contributed by atoms with Crippen LogP contribution in [0.25, 0.3) is 0 Å². The molecule has 0 aliphatic carbocycles. The van der Waals surface area contributed by atoms with E-state index < -0.39 is 11.6 Å². The highest BCUT2D eigenvalue weighted by atomic mass is 16.4. The summed E-state index contributed by atoms with van der Waals surface area (Å²) in [5, 5.41) is 22.4. The van der Waals surface area contributed by atoms with Crippen molar-refractivity contribution in [3.63, 3.8) is 0 Å². The first kappa shape index (κ1) is 15.5. The van der Waals surface area contributed by atoms with E-state index in [-0.39, 0.29) is 5.56 Å². The number of aryl methyl sites for hydroxylation is 1. The maximum absolute atomic E-state index is 11.2. The minimum absolute atomic E-state index is 0.236. The Morgan fingerprint density at radius 1 is 1.42 bits per heavy atom. The molecule has 0 aromatic heterocycles. The molecule has 1 atom stereocenters. The predicted octanol–water partition coefficient (Wildman–Crippen LogP) is 2.90. The van der Waals surface area contributed by atoms with Gasteiger partial charge in [-0.05, 0) is 38.3 Å². The van der Waals surface area contributed by atoms with Crippen LogP contribution < -0.4 is 5.32 Å². The summed E-state index contributed by atoms with van der Waals surface area (Å²) in [6, 6.07) is 5.22. The Bertz CT molecular complexity index is 453. The summed E-state index contributed by atoms with van der Waals surface area (Å²) in [6.45, 7) is 8.03. The van der Waals surface area contributed by atoms with Gasteiger partial charge in [0.1, 0.15) is 0 Å². The Kier molecular flexibility index (Phi) is 4.95. The minimum atomic E-state index is -0.963. The van der Waals surface area contributed by atoms with E-state index in [4.69, 9.17) is 5.11 Å². The van der Waals surface area contributed by atoms with Crippen molar-refractivity contribution < 1.29 is 15.0 Å². The molecule has 1 unspecified atom stereocenters. The molecule has 0 aliphatic rings. The van der Waals surface area contributed by atoms with Crippen molar-refractivity contribution in [3.05, 3.63) is 29.3 Å². The van der Waals surface area contributed by atoms with Crippen molar-refractivity contribution in [1.29, 1.82) is 0 Å². The van der Waals surface area contributed by atoms with E-state index in [9.17, 15) is 9.90 Å². The maximum atomic E-state index is 11.2. The second kappa shape index (κ2) is 6.06.